The number of fused-ring (bicyclic) bond motifs is 4. The topological polar surface area (TPSA) is 174 Å². The van der Waals surface area contributed by atoms with Crippen molar-refractivity contribution in [3.05, 3.63) is 76.5 Å². The molecule has 5 heterocycles. The molecule has 0 saturated carbocycles. The van der Waals surface area contributed by atoms with E-state index in [4.69, 9.17) is 23.6 Å². The number of esters is 1. The van der Waals surface area contributed by atoms with Crippen LogP contribution in [0.2, 0.25) is 0 Å². The van der Waals surface area contributed by atoms with Gasteiger partial charge in [-0.25, -0.2) is 14.8 Å². The number of anilines is 1. The molecule has 7 rings (SSSR count). The Bertz CT molecular complexity index is 1880. The molecular weight excluding hydrogens is 630 g/mol. The van der Waals surface area contributed by atoms with Crippen molar-refractivity contribution in [2.24, 2.45) is 16.3 Å². The second kappa shape index (κ2) is 11.6. The highest BCUT2D eigenvalue weighted by molar-refractivity contribution is 5.98. The normalized spacial score (nSPS) is 27.2. The van der Waals surface area contributed by atoms with E-state index < -0.39 is 65.2 Å². The Morgan fingerprint density at radius 2 is 1.86 bits per heavy atom. The third-order valence-electron chi connectivity index (χ3n) is 9.76. The second-order valence-corrected chi connectivity index (χ2v) is 14.5. The minimum atomic E-state index is -1.30. The smallest absolute Gasteiger partial charge is 0.334 e. The van der Waals surface area contributed by atoms with E-state index in [-0.39, 0.29) is 29.8 Å². The zero-order valence-electron chi connectivity index (χ0n) is 28.5. The minimum absolute atomic E-state index is 0.108. The molecule has 0 radical (unpaired) electrons. The van der Waals surface area contributed by atoms with Crippen LogP contribution in [0, 0.1) is 11.3 Å². The number of hydrogen-bond donors (Lipinski definition) is 4. The number of carbonyl (C=O) groups is 3. The highest BCUT2D eigenvalue weighted by Crippen LogP contribution is 2.58. The molecule has 0 fully saturated rings. The number of hydrogen-bond acceptors (Lipinski definition) is 11. The molecule has 1 aromatic heterocycles. The molecule has 4 N–H and O–H groups in total. The predicted octanol–water partition coefficient (Wildman–Crippen LogP) is 3.12. The van der Waals surface area contributed by atoms with Crippen molar-refractivity contribution >= 4 is 29.4 Å². The van der Waals surface area contributed by atoms with E-state index in [0.717, 1.165) is 22.4 Å². The lowest BCUT2D eigenvalue weighted by Crippen LogP contribution is -2.53. The number of ether oxygens (including phenoxy) is 3. The summed E-state index contributed by atoms with van der Waals surface area (Å²) in [6.45, 7) is 11.0. The van der Waals surface area contributed by atoms with E-state index in [9.17, 15) is 19.5 Å². The van der Waals surface area contributed by atoms with Crippen LogP contribution in [0.15, 0.2) is 51.9 Å². The average Bonchev–Trinajstić information content (AvgIpc) is 3.81. The second-order valence-electron chi connectivity index (χ2n) is 14.5. The number of aromatic nitrogens is 1. The molecule has 13 heteroatoms. The van der Waals surface area contributed by atoms with Crippen molar-refractivity contribution in [1.82, 2.24) is 15.6 Å². The van der Waals surface area contributed by atoms with Gasteiger partial charge >= 0.3 is 5.97 Å². The first-order valence-corrected chi connectivity index (χ1v) is 16.5. The van der Waals surface area contributed by atoms with Crippen molar-refractivity contribution in [1.29, 1.82) is 0 Å². The highest BCUT2D eigenvalue weighted by Gasteiger charge is 2.61. The molecule has 0 saturated heterocycles. The van der Waals surface area contributed by atoms with Crippen LogP contribution in [0.3, 0.4) is 0 Å². The molecule has 4 aliphatic rings. The molecule has 13 nitrogen and oxygen atoms in total. The summed E-state index contributed by atoms with van der Waals surface area (Å²) in [7, 11) is 1.30. The first-order valence-electron chi connectivity index (χ1n) is 16.5. The Hall–Kier alpha value is -4.91. The van der Waals surface area contributed by atoms with Gasteiger partial charge in [-0.2, -0.15) is 0 Å². The van der Waals surface area contributed by atoms with Crippen LogP contribution >= 0.6 is 0 Å². The average molecular weight is 672 g/mol. The van der Waals surface area contributed by atoms with Gasteiger partial charge in [-0.05, 0) is 41.5 Å². The van der Waals surface area contributed by atoms with Crippen molar-refractivity contribution in [2.75, 3.05) is 12.4 Å². The van der Waals surface area contributed by atoms with Gasteiger partial charge in [0.15, 0.2) is 23.7 Å². The summed E-state index contributed by atoms with van der Waals surface area (Å²) in [5.41, 5.74) is 1.74. The van der Waals surface area contributed by atoms with Crippen LogP contribution in [0.5, 0.6) is 5.75 Å². The summed E-state index contributed by atoms with van der Waals surface area (Å²) in [5, 5.41) is 20.0. The molecule has 0 aliphatic carbocycles. The fourth-order valence-corrected chi connectivity index (χ4v) is 7.11. The van der Waals surface area contributed by atoms with Gasteiger partial charge in [0.05, 0.1) is 7.11 Å². The van der Waals surface area contributed by atoms with Gasteiger partial charge in [0.2, 0.25) is 23.6 Å². The summed E-state index contributed by atoms with van der Waals surface area (Å²) >= 11 is 0. The Morgan fingerprint density at radius 3 is 2.57 bits per heavy atom. The van der Waals surface area contributed by atoms with Gasteiger partial charge in [0.25, 0.3) is 0 Å². The lowest BCUT2D eigenvalue weighted by atomic mass is 9.72. The molecule has 2 aromatic carbocycles. The molecule has 2 amide bonds. The molecule has 258 valence electrons. The fraction of sp³-hybridized carbons (Fsp3) is 0.472. The summed E-state index contributed by atoms with van der Waals surface area (Å²) in [6, 6.07) is 10.7. The van der Waals surface area contributed by atoms with Gasteiger partial charge in [-0.3, -0.25) is 9.59 Å². The lowest BCUT2D eigenvalue weighted by Gasteiger charge is -2.32. The van der Waals surface area contributed by atoms with Crippen LogP contribution in [-0.2, 0) is 35.7 Å². The van der Waals surface area contributed by atoms with Gasteiger partial charge in [-0.1, -0.05) is 65.0 Å². The van der Waals surface area contributed by atoms with Gasteiger partial charge in [0, 0.05) is 17.7 Å². The Balaban J connectivity index is 1.48. The Labute approximate surface area is 283 Å². The van der Waals surface area contributed by atoms with Crippen LogP contribution in [0.1, 0.15) is 81.6 Å². The minimum Gasteiger partial charge on any atom is -0.470 e. The van der Waals surface area contributed by atoms with Crippen molar-refractivity contribution in [3.8, 4) is 5.75 Å². The lowest BCUT2D eigenvalue weighted by molar-refractivity contribution is -0.143. The fourth-order valence-electron chi connectivity index (χ4n) is 7.11. The number of aliphatic imine (C=N–C) groups is 1. The maximum Gasteiger partial charge on any atom is 0.334 e. The standard InChI is InChI=1S/C36H41N5O8/c1-16(2)26(42)30(44)37-22-15-18-12-13-23-20(14-18)36(19-10-8-9-11-21(19)38-34(36)48-23)28-25(31-39-24(17(3)47-31)33(45)46-7)40-32(49-28)27(35(4,5)6)41-29(22)43/h8-14,16-17,22,24,26-27,34,38,42H,15H2,1-7H3,(H,37,44)(H,41,43)/t17?,22-,24?,26-,27+,34?,36?/m0/s1. The molecular formula is C36H41N5O8. The molecule has 4 unspecified atom stereocenters. The summed E-state index contributed by atoms with van der Waals surface area (Å²) in [5.74, 6) is -0.749. The number of rotatable bonds is 5. The number of amides is 2. The number of para-hydroxylation sites is 1. The number of nitrogens with one attached hydrogen (secondary N) is 3. The third-order valence-corrected chi connectivity index (χ3v) is 9.76. The maximum atomic E-state index is 14.1. The van der Waals surface area contributed by atoms with Crippen molar-refractivity contribution < 1.29 is 38.1 Å². The summed E-state index contributed by atoms with van der Waals surface area (Å²) < 4.78 is 24.7. The molecule has 4 bridgehead atoms. The van der Waals surface area contributed by atoms with Crippen molar-refractivity contribution in [3.63, 3.8) is 0 Å². The molecule has 4 aliphatic heterocycles. The number of carbonyl (C=O) groups excluding carboxylic acids is 3. The third kappa shape index (κ3) is 5.13. The molecule has 49 heavy (non-hydrogen) atoms. The molecule has 3 aromatic rings. The number of benzene rings is 2. The highest BCUT2D eigenvalue weighted by atomic mass is 16.5. The van der Waals surface area contributed by atoms with Crippen LogP contribution in [-0.4, -0.2) is 71.4 Å². The van der Waals surface area contributed by atoms with E-state index in [0.29, 0.717) is 11.5 Å². The number of aliphatic hydroxyl groups is 1. The summed E-state index contributed by atoms with van der Waals surface area (Å²) in [4.78, 5) is 49.6. The number of aliphatic hydroxyl groups excluding tert-OH is 1. The quantitative estimate of drug-likeness (QED) is 0.295. The van der Waals surface area contributed by atoms with E-state index >= 15 is 0 Å². The number of oxazole rings is 1. The van der Waals surface area contributed by atoms with Gasteiger partial charge in [0.1, 0.15) is 35.5 Å². The van der Waals surface area contributed by atoms with Gasteiger partial charge in [-0.15, -0.1) is 0 Å². The van der Waals surface area contributed by atoms with Crippen molar-refractivity contribution in [2.45, 2.75) is 89.9 Å². The Kier molecular flexibility index (Phi) is 7.73. The van der Waals surface area contributed by atoms with E-state index in [2.05, 4.69) is 20.9 Å². The van der Waals surface area contributed by atoms with Gasteiger partial charge < -0.3 is 39.7 Å². The maximum absolute atomic E-state index is 14.1. The van der Waals surface area contributed by atoms with Crippen LogP contribution < -0.4 is 20.7 Å². The largest absolute Gasteiger partial charge is 0.470 e. The predicted molar refractivity (Wildman–Crippen MR) is 177 cm³/mol. The Morgan fingerprint density at radius 1 is 1.10 bits per heavy atom. The number of nitrogens with zero attached hydrogens (tertiary/aromatic N) is 2. The van der Waals surface area contributed by atoms with Crippen LogP contribution in [0.25, 0.3) is 0 Å². The monoisotopic (exact) mass is 671 g/mol. The van der Waals surface area contributed by atoms with Crippen LogP contribution in [0.4, 0.5) is 5.69 Å². The van der Waals surface area contributed by atoms with E-state index in [1.165, 1.54) is 7.11 Å². The first-order chi connectivity index (χ1) is 23.2. The molecule has 1 spiro atoms. The summed E-state index contributed by atoms with van der Waals surface area (Å²) in [6.07, 6.45) is -2.46. The van der Waals surface area contributed by atoms with E-state index in [1.807, 2.05) is 63.2 Å². The zero-order valence-corrected chi connectivity index (χ0v) is 28.5. The van der Waals surface area contributed by atoms with E-state index in [1.54, 1.807) is 20.8 Å². The molecule has 7 atom stereocenters. The zero-order chi connectivity index (χ0) is 35.0. The SMILES string of the molecule is COC(=O)C1N=C(c2nc3oc2C24c5ccccc5NC2Oc2ccc(cc24)C[C@H](NC(=O)[C@@H](O)C(C)C)C(=O)N[C@H]3C(C)(C)C)OC1C. The first kappa shape index (κ1) is 32.6. The number of methoxy groups -OCH3 is 1.